The first-order valence-corrected chi connectivity index (χ1v) is 4.75. The zero-order valence-corrected chi connectivity index (χ0v) is 9.41. The Kier molecular flexibility index (Phi) is 4.18. The average Bonchev–Trinajstić information content (AvgIpc) is 2.36. The van der Waals surface area contributed by atoms with Gasteiger partial charge in [-0.15, -0.1) is 0 Å². The molecule has 0 aliphatic rings. The van der Waals surface area contributed by atoms with Gasteiger partial charge in [-0.1, -0.05) is 24.1 Å². The molecule has 0 fully saturated rings. The molecule has 0 bridgehead atoms. The predicted octanol–water partition coefficient (Wildman–Crippen LogP) is 1.69. The van der Waals surface area contributed by atoms with E-state index in [1.165, 1.54) is 0 Å². The topological polar surface area (TPSA) is 29.5 Å². The van der Waals surface area contributed by atoms with Crippen LogP contribution in [0.1, 0.15) is 5.56 Å². The third kappa shape index (κ3) is 3.54. The summed E-state index contributed by atoms with van der Waals surface area (Å²) in [6.45, 7) is 0. The van der Waals surface area contributed by atoms with Crippen LogP contribution in [-0.4, -0.2) is 31.1 Å². The number of halogens is 2. The number of hydroxylamine groups is 2. The summed E-state index contributed by atoms with van der Waals surface area (Å²) < 4.78 is 26.6. The van der Waals surface area contributed by atoms with Gasteiger partial charge in [0, 0.05) is 12.6 Å². The highest BCUT2D eigenvalue weighted by molar-refractivity contribution is 5.86. The molecule has 0 heterocycles. The molecule has 0 spiro atoms. The Morgan fingerprint density at radius 2 is 1.94 bits per heavy atom. The minimum absolute atomic E-state index is 0.417. The summed E-state index contributed by atoms with van der Waals surface area (Å²) >= 11 is 0. The van der Waals surface area contributed by atoms with Crippen molar-refractivity contribution in [1.29, 1.82) is 0 Å². The van der Waals surface area contributed by atoms with Crippen molar-refractivity contribution in [1.82, 2.24) is 5.06 Å². The molecule has 0 saturated carbocycles. The van der Waals surface area contributed by atoms with E-state index in [1.54, 1.807) is 36.3 Å². The van der Waals surface area contributed by atoms with Gasteiger partial charge in [-0.2, -0.15) is 8.78 Å². The van der Waals surface area contributed by atoms with Crippen LogP contribution in [0, 0.1) is 11.8 Å². The molecule has 5 heteroatoms. The van der Waals surface area contributed by atoms with E-state index in [0.29, 0.717) is 10.6 Å². The van der Waals surface area contributed by atoms with E-state index in [1.807, 2.05) is 0 Å². The Morgan fingerprint density at radius 3 is 2.47 bits per heavy atom. The highest BCUT2D eigenvalue weighted by Gasteiger charge is 2.39. The second kappa shape index (κ2) is 5.41. The van der Waals surface area contributed by atoms with Crippen LogP contribution in [0.4, 0.5) is 8.78 Å². The third-order valence-corrected chi connectivity index (χ3v) is 1.97. The minimum Gasteiger partial charge on any atom is -0.274 e. The quantitative estimate of drug-likeness (QED) is 0.580. The molecule has 0 aliphatic heterocycles. The van der Waals surface area contributed by atoms with Crippen molar-refractivity contribution in [3.63, 3.8) is 0 Å². The first-order chi connectivity index (χ1) is 7.97. The summed E-state index contributed by atoms with van der Waals surface area (Å²) in [5, 5.41) is 0.444. The smallest absolute Gasteiger partial charge is 0.274 e. The van der Waals surface area contributed by atoms with Gasteiger partial charge in [0.15, 0.2) is 0 Å². The molecule has 1 rings (SSSR count). The van der Waals surface area contributed by atoms with Crippen LogP contribution in [0.2, 0.25) is 0 Å². The van der Waals surface area contributed by atoms with Crippen molar-refractivity contribution in [2.45, 2.75) is 5.92 Å². The van der Waals surface area contributed by atoms with E-state index >= 15 is 0 Å². The molecule has 3 nitrogen and oxygen atoms in total. The summed E-state index contributed by atoms with van der Waals surface area (Å²) in [7, 11) is 2.22. The van der Waals surface area contributed by atoms with E-state index in [4.69, 9.17) is 0 Å². The van der Waals surface area contributed by atoms with Crippen LogP contribution in [0.25, 0.3) is 0 Å². The van der Waals surface area contributed by atoms with Gasteiger partial charge in [-0.3, -0.25) is 9.63 Å². The normalized spacial score (nSPS) is 10.4. The maximum absolute atomic E-state index is 13.3. The summed E-state index contributed by atoms with van der Waals surface area (Å²) in [6, 6.07) is 8.24. The lowest BCUT2D eigenvalue weighted by atomic mass is 10.2. The van der Waals surface area contributed by atoms with Crippen LogP contribution in [0.5, 0.6) is 0 Å². The van der Waals surface area contributed by atoms with Crippen LogP contribution < -0.4 is 0 Å². The molecule has 0 aliphatic carbocycles. The van der Waals surface area contributed by atoms with Crippen LogP contribution in [0.3, 0.4) is 0 Å². The number of carbonyl (C=O) groups is 1. The van der Waals surface area contributed by atoms with Crippen molar-refractivity contribution in [2.75, 3.05) is 14.2 Å². The molecule has 1 amide bonds. The molecule has 0 radical (unpaired) electrons. The Balaban J connectivity index is 2.87. The van der Waals surface area contributed by atoms with Crippen molar-refractivity contribution in [3.05, 3.63) is 35.9 Å². The highest BCUT2D eigenvalue weighted by atomic mass is 19.3. The molecular weight excluding hydrogens is 228 g/mol. The van der Waals surface area contributed by atoms with Gasteiger partial charge in [-0.25, -0.2) is 5.06 Å². The van der Waals surface area contributed by atoms with E-state index < -0.39 is 11.8 Å². The third-order valence-electron chi connectivity index (χ3n) is 1.97. The first-order valence-electron chi connectivity index (χ1n) is 4.75. The zero-order valence-electron chi connectivity index (χ0n) is 9.41. The fourth-order valence-corrected chi connectivity index (χ4v) is 1.01. The van der Waals surface area contributed by atoms with E-state index in [2.05, 4.69) is 10.8 Å². The fourth-order valence-electron chi connectivity index (χ4n) is 1.01. The summed E-state index contributed by atoms with van der Waals surface area (Å²) in [6.07, 6.45) is 0. The molecule has 0 saturated heterocycles. The number of nitrogens with zero attached hydrogens (tertiary/aromatic N) is 1. The Labute approximate surface area is 97.9 Å². The van der Waals surface area contributed by atoms with Crippen LogP contribution in [-0.2, 0) is 9.63 Å². The Hall–Kier alpha value is -1.93. The van der Waals surface area contributed by atoms with Crippen molar-refractivity contribution < 1.29 is 18.4 Å². The van der Waals surface area contributed by atoms with Gasteiger partial charge in [0.2, 0.25) is 0 Å². The van der Waals surface area contributed by atoms with Gasteiger partial charge in [0.25, 0.3) is 0 Å². The monoisotopic (exact) mass is 239 g/mol. The van der Waals surface area contributed by atoms with Gasteiger partial charge in [-0.05, 0) is 18.1 Å². The van der Waals surface area contributed by atoms with Gasteiger partial charge in [0.1, 0.15) is 0 Å². The number of rotatable bonds is 2. The van der Waals surface area contributed by atoms with E-state index in [-0.39, 0.29) is 0 Å². The Morgan fingerprint density at radius 1 is 1.35 bits per heavy atom. The molecule has 0 aromatic heterocycles. The molecule has 0 N–H and O–H groups in total. The SMILES string of the molecule is CON(C)C(=O)C(F)(F)C#Cc1ccccc1. The number of hydrogen-bond donors (Lipinski definition) is 0. The standard InChI is InChI=1S/C12H11F2NO2/c1-15(17-2)11(16)12(13,14)9-8-10-6-4-3-5-7-10/h3-7H,1-2H3. The maximum Gasteiger partial charge on any atom is 0.387 e. The molecule has 90 valence electrons. The number of amides is 1. The largest absolute Gasteiger partial charge is 0.387 e. The maximum atomic E-state index is 13.3. The summed E-state index contributed by atoms with van der Waals surface area (Å²) in [4.78, 5) is 15.6. The first kappa shape index (κ1) is 13.1. The van der Waals surface area contributed by atoms with Crippen LogP contribution >= 0.6 is 0 Å². The van der Waals surface area contributed by atoms with Gasteiger partial charge in [0.05, 0.1) is 7.11 Å². The molecule has 0 atom stereocenters. The van der Waals surface area contributed by atoms with Crippen molar-refractivity contribution >= 4 is 5.91 Å². The van der Waals surface area contributed by atoms with E-state index in [9.17, 15) is 13.6 Å². The van der Waals surface area contributed by atoms with Crippen LogP contribution in [0.15, 0.2) is 30.3 Å². The van der Waals surface area contributed by atoms with Crippen molar-refractivity contribution in [3.8, 4) is 11.8 Å². The molecule has 1 aromatic rings. The number of alkyl halides is 2. The number of benzene rings is 1. The summed E-state index contributed by atoms with van der Waals surface area (Å²) in [5.41, 5.74) is 0.417. The minimum atomic E-state index is -3.76. The predicted molar refractivity (Wildman–Crippen MR) is 58.0 cm³/mol. The lowest BCUT2D eigenvalue weighted by molar-refractivity contribution is -0.187. The van der Waals surface area contributed by atoms with Gasteiger partial charge < -0.3 is 0 Å². The van der Waals surface area contributed by atoms with Gasteiger partial charge >= 0.3 is 11.8 Å². The summed E-state index contributed by atoms with van der Waals surface area (Å²) in [5.74, 6) is -1.38. The molecule has 1 aromatic carbocycles. The Bertz CT molecular complexity index is 449. The number of carbonyl (C=O) groups excluding carboxylic acids is 1. The average molecular weight is 239 g/mol. The second-order valence-corrected chi connectivity index (χ2v) is 3.18. The molecule has 0 unspecified atom stereocenters. The molecular formula is C12H11F2NO2. The molecule has 17 heavy (non-hydrogen) atoms. The lowest BCUT2D eigenvalue weighted by Crippen LogP contribution is -2.39. The van der Waals surface area contributed by atoms with Crippen molar-refractivity contribution in [2.24, 2.45) is 0 Å². The lowest BCUT2D eigenvalue weighted by Gasteiger charge is -2.16. The second-order valence-electron chi connectivity index (χ2n) is 3.18. The number of hydrogen-bond acceptors (Lipinski definition) is 2. The highest BCUT2D eigenvalue weighted by Crippen LogP contribution is 2.15. The van der Waals surface area contributed by atoms with E-state index in [0.717, 1.165) is 14.2 Å². The fraction of sp³-hybridized carbons (Fsp3) is 0.250. The zero-order chi connectivity index (χ0) is 12.9.